The molecule has 0 aromatic heterocycles. The van der Waals surface area contributed by atoms with Crippen LogP contribution in [-0.4, -0.2) is 34.5 Å². The molecule has 0 atom stereocenters. The highest BCUT2D eigenvalue weighted by atomic mass is 16.5. The summed E-state index contributed by atoms with van der Waals surface area (Å²) < 4.78 is 10.6. The van der Waals surface area contributed by atoms with Gasteiger partial charge >= 0.3 is 11.9 Å². The van der Waals surface area contributed by atoms with Gasteiger partial charge in [-0.05, 0) is 48.9 Å². The Morgan fingerprint density at radius 2 is 1.83 bits per heavy atom. The third-order valence-electron chi connectivity index (χ3n) is 3.69. The predicted molar refractivity (Wildman–Crippen MR) is 111 cm³/mol. The summed E-state index contributed by atoms with van der Waals surface area (Å²) in [6.45, 7) is 4.87. The lowest BCUT2D eigenvalue weighted by Gasteiger charge is -2.10. The summed E-state index contributed by atoms with van der Waals surface area (Å²) in [5.41, 5.74) is 1.54. The van der Waals surface area contributed by atoms with Crippen LogP contribution in [0.4, 0.5) is 0 Å². The Hall–Kier alpha value is -4.13. The first-order valence-electron chi connectivity index (χ1n) is 8.79. The molecule has 0 aliphatic carbocycles. The molecule has 0 unspecified atom stereocenters. The molecule has 2 aromatic rings. The number of benzene rings is 2. The quantitative estimate of drug-likeness (QED) is 0.262. The number of hydrogen-bond donors (Lipinski definition) is 2. The van der Waals surface area contributed by atoms with Gasteiger partial charge in [0, 0.05) is 6.07 Å². The molecule has 154 valence electrons. The number of hydrogen-bond acceptors (Lipinski definition) is 5. The van der Waals surface area contributed by atoms with Crippen molar-refractivity contribution >= 4 is 23.8 Å². The number of carboxylic acids is 2. The van der Waals surface area contributed by atoms with E-state index in [1.54, 1.807) is 31.2 Å². The van der Waals surface area contributed by atoms with Gasteiger partial charge in [-0.15, -0.1) is 0 Å². The molecule has 2 rings (SSSR count). The highest BCUT2D eigenvalue weighted by molar-refractivity contribution is 6.08. The van der Waals surface area contributed by atoms with Crippen molar-refractivity contribution in [3.63, 3.8) is 0 Å². The maximum absolute atomic E-state index is 12.6. The van der Waals surface area contributed by atoms with Crippen LogP contribution in [0.3, 0.4) is 0 Å². The lowest BCUT2D eigenvalue weighted by atomic mass is 10.1. The normalized spacial score (nSPS) is 10.8. The van der Waals surface area contributed by atoms with Gasteiger partial charge in [-0.1, -0.05) is 30.4 Å². The first-order valence-corrected chi connectivity index (χ1v) is 8.79. The van der Waals surface area contributed by atoms with Gasteiger partial charge in [-0.2, -0.15) is 0 Å². The Morgan fingerprint density at radius 3 is 2.50 bits per heavy atom. The molecular weight excluding hydrogens is 388 g/mol. The van der Waals surface area contributed by atoms with Crippen LogP contribution in [0.2, 0.25) is 0 Å². The number of ketones is 1. The number of carboxylic acid groups (broad SMARTS) is 2. The van der Waals surface area contributed by atoms with Gasteiger partial charge in [0.1, 0.15) is 11.5 Å². The lowest BCUT2D eigenvalue weighted by Crippen LogP contribution is -2.11. The van der Waals surface area contributed by atoms with Crippen molar-refractivity contribution < 1.29 is 34.1 Å². The average molecular weight is 408 g/mol. The third kappa shape index (κ3) is 6.79. The Kier molecular flexibility index (Phi) is 7.70. The molecule has 0 aliphatic rings. The van der Waals surface area contributed by atoms with Crippen molar-refractivity contribution in [2.24, 2.45) is 0 Å². The van der Waals surface area contributed by atoms with Crippen molar-refractivity contribution in [1.29, 1.82) is 0 Å². The average Bonchev–Trinajstić information content (AvgIpc) is 2.70. The van der Waals surface area contributed by atoms with Crippen LogP contribution in [0.15, 0.2) is 73.0 Å². The number of aromatic carboxylic acids is 1. The number of ether oxygens (including phenoxy) is 2. The van der Waals surface area contributed by atoms with Crippen molar-refractivity contribution in [3.05, 3.63) is 89.7 Å². The summed E-state index contributed by atoms with van der Waals surface area (Å²) in [5.74, 6) is -2.31. The van der Waals surface area contributed by atoms with E-state index in [4.69, 9.17) is 19.7 Å². The molecule has 0 bridgehead atoms. The van der Waals surface area contributed by atoms with E-state index in [9.17, 15) is 14.4 Å². The molecule has 0 saturated carbocycles. The fourth-order valence-electron chi connectivity index (χ4n) is 2.30. The molecule has 0 spiro atoms. The van der Waals surface area contributed by atoms with E-state index in [0.29, 0.717) is 11.3 Å². The van der Waals surface area contributed by atoms with Crippen LogP contribution < -0.4 is 9.47 Å². The van der Waals surface area contributed by atoms with Gasteiger partial charge in [-0.25, -0.2) is 9.59 Å². The van der Waals surface area contributed by atoms with E-state index in [1.807, 2.05) is 0 Å². The van der Waals surface area contributed by atoms with E-state index in [2.05, 4.69) is 6.58 Å². The smallest absolute Gasteiger partial charge is 0.341 e. The number of aliphatic carboxylic acids is 1. The van der Waals surface area contributed by atoms with E-state index in [0.717, 1.165) is 5.57 Å². The Bertz CT molecular complexity index is 1030. The standard InChI is InChI=1S/C23H20O7/c1-15(2)10-11-29-18-7-8-19(21(13-18)30-14-22(25)26)20(24)9-6-16-4-3-5-17(12-16)23(27)28/h3-13H,1,14H2,2H3,(H,25,26)(H,27,28)/b9-6+,11-10+. The molecule has 0 fully saturated rings. The molecule has 7 heteroatoms. The first kappa shape index (κ1) is 22.2. The fraction of sp³-hybridized carbons (Fsp3) is 0.0870. The van der Waals surface area contributed by atoms with Gasteiger partial charge in [0.05, 0.1) is 17.4 Å². The SMILES string of the molecule is C=C(C)/C=C/Oc1ccc(C(=O)/C=C/c2cccc(C(=O)O)c2)c(OCC(=O)O)c1. The first-order chi connectivity index (χ1) is 14.3. The minimum absolute atomic E-state index is 0.0487. The van der Waals surface area contributed by atoms with Crippen molar-refractivity contribution in [2.45, 2.75) is 6.92 Å². The number of carbonyl (C=O) groups is 3. The van der Waals surface area contributed by atoms with Crippen molar-refractivity contribution in [1.82, 2.24) is 0 Å². The number of carbonyl (C=O) groups excluding carboxylic acids is 1. The fourth-order valence-corrected chi connectivity index (χ4v) is 2.30. The summed E-state index contributed by atoms with van der Waals surface area (Å²) in [6.07, 6.45) is 5.78. The van der Waals surface area contributed by atoms with Gasteiger partial charge in [0.15, 0.2) is 12.4 Å². The van der Waals surface area contributed by atoms with Crippen LogP contribution in [0.5, 0.6) is 11.5 Å². The van der Waals surface area contributed by atoms with E-state index in [-0.39, 0.29) is 16.9 Å². The van der Waals surface area contributed by atoms with Crippen molar-refractivity contribution in [2.75, 3.05) is 6.61 Å². The zero-order chi connectivity index (χ0) is 22.1. The number of allylic oxidation sites excluding steroid dienone is 3. The monoisotopic (exact) mass is 408 g/mol. The van der Waals surface area contributed by atoms with Gasteiger partial charge in [-0.3, -0.25) is 4.79 Å². The molecule has 7 nitrogen and oxygen atoms in total. The van der Waals surface area contributed by atoms with Crippen molar-refractivity contribution in [3.8, 4) is 11.5 Å². The van der Waals surface area contributed by atoms with Crippen LogP contribution >= 0.6 is 0 Å². The molecular formula is C23H20O7. The summed E-state index contributed by atoms with van der Waals surface area (Å²) in [5, 5.41) is 17.9. The maximum Gasteiger partial charge on any atom is 0.341 e. The van der Waals surface area contributed by atoms with Crippen LogP contribution in [0, 0.1) is 0 Å². The maximum atomic E-state index is 12.6. The Labute approximate surface area is 173 Å². The summed E-state index contributed by atoms with van der Waals surface area (Å²) in [6, 6.07) is 10.5. The molecule has 0 radical (unpaired) electrons. The molecule has 2 N–H and O–H groups in total. The van der Waals surface area contributed by atoms with E-state index in [1.165, 1.54) is 42.7 Å². The largest absolute Gasteiger partial charge is 0.481 e. The third-order valence-corrected chi connectivity index (χ3v) is 3.69. The molecule has 30 heavy (non-hydrogen) atoms. The second-order valence-electron chi connectivity index (χ2n) is 6.24. The van der Waals surface area contributed by atoms with Crippen LogP contribution in [0.1, 0.15) is 33.2 Å². The van der Waals surface area contributed by atoms with Gasteiger partial charge in [0.2, 0.25) is 0 Å². The zero-order valence-corrected chi connectivity index (χ0v) is 16.2. The summed E-state index contributed by atoms with van der Waals surface area (Å²) >= 11 is 0. The van der Waals surface area contributed by atoms with Gasteiger partial charge in [0.25, 0.3) is 0 Å². The molecule has 0 heterocycles. The Balaban J connectivity index is 2.27. The molecule has 2 aromatic carbocycles. The van der Waals surface area contributed by atoms with Gasteiger partial charge < -0.3 is 19.7 Å². The Morgan fingerprint density at radius 1 is 1.07 bits per heavy atom. The second kappa shape index (κ2) is 10.4. The molecule has 0 saturated heterocycles. The van der Waals surface area contributed by atoms with E-state index >= 15 is 0 Å². The van der Waals surface area contributed by atoms with E-state index < -0.39 is 24.3 Å². The number of rotatable bonds is 10. The summed E-state index contributed by atoms with van der Waals surface area (Å²) in [7, 11) is 0. The topological polar surface area (TPSA) is 110 Å². The van der Waals surface area contributed by atoms with Crippen LogP contribution in [0.25, 0.3) is 6.08 Å². The summed E-state index contributed by atoms with van der Waals surface area (Å²) in [4.78, 5) is 34.5. The predicted octanol–water partition coefficient (Wildman–Crippen LogP) is 4.21. The minimum Gasteiger partial charge on any atom is -0.481 e. The lowest BCUT2D eigenvalue weighted by molar-refractivity contribution is -0.139. The minimum atomic E-state index is -1.19. The zero-order valence-electron chi connectivity index (χ0n) is 16.2. The molecule has 0 amide bonds. The highest BCUT2D eigenvalue weighted by Gasteiger charge is 2.13. The van der Waals surface area contributed by atoms with Crippen LogP contribution in [-0.2, 0) is 4.79 Å². The molecule has 0 aliphatic heterocycles. The highest BCUT2D eigenvalue weighted by Crippen LogP contribution is 2.26. The second-order valence-corrected chi connectivity index (χ2v) is 6.24.